The van der Waals surface area contributed by atoms with Gasteiger partial charge in [-0.1, -0.05) is 42.2 Å². The minimum atomic E-state index is -0.147. The van der Waals surface area contributed by atoms with Crippen LogP contribution in [-0.2, 0) is 4.79 Å². The van der Waals surface area contributed by atoms with E-state index in [9.17, 15) is 4.79 Å². The van der Waals surface area contributed by atoms with Crippen molar-refractivity contribution in [2.45, 2.75) is 6.92 Å². The number of para-hydroxylation sites is 1. The summed E-state index contributed by atoms with van der Waals surface area (Å²) in [5.41, 5.74) is 1.51. The van der Waals surface area contributed by atoms with E-state index in [0.29, 0.717) is 33.1 Å². The van der Waals surface area contributed by atoms with Gasteiger partial charge in [-0.25, -0.2) is 0 Å². The Kier molecular flexibility index (Phi) is 4.57. The van der Waals surface area contributed by atoms with Crippen molar-refractivity contribution in [3.63, 3.8) is 0 Å². The lowest BCUT2D eigenvalue weighted by atomic mass is 10.1. The molecule has 0 saturated carbocycles. The number of fused-ring (bicyclic) bond motifs is 1. The molecule has 1 fully saturated rings. The van der Waals surface area contributed by atoms with E-state index in [1.54, 1.807) is 17.0 Å². The zero-order valence-electron chi connectivity index (χ0n) is 13.9. The fourth-order valence-corrected chi connectivity index (χ4v) is 4.03. The zero-order valence-corrected chi connectivity index (χ0v) is 15.6. The van der Waals surface area contributed by atoms with Crippen molar-refractivity contribution >= 4 is 46.0 Å². The molecule has 2 aromatic rings. The summed E-state index contributed by atoms with van der Waals surface area (Å²) < 4.78 is 17.0. The fourth-order valence-electron chi connectivity index (χ4n) is 2.74. The molecule has 7 heteroatoms. The van der Waals surface area contributed by atoms with Crippen LogP contribution in [0.5, 0.6) is 17.2 Å². The second-order valence-corrected chi connectivity index (χ2v) is 7.20. The van der Waals surface area contributed by atoms with Crippen LogP contribution in [0.3, 0.4) is 0 Å². The number of thiocarbonyl (C=S) groups is 1. The first-order valence-electron chi connectivity index (χ1n) is 8.07. The van der Waals surface area contributed by atoms with Crippen LogP contribution in [0.15, 0.2) is 47.4 Å². The molecular formula is C19H15NO4S2. The summed E-state index contributed by atoms with van der Waals surface area (Å²) >= 11 is 6.68. The molecule has 0 bridgehead atoms. The highest BCUT2D eigenvalue weighted by molar-refractivity contribution is 8.27. The number of carbonyl (C=O) groups excluding carboxylic acids is 1. The lowest BCUT2D eigenvalue weighted by molar-refractivity contribution is -0.113. The molecule has 5 nitrogen and oxygen atoms in total. The standard InChI is InChI=1S/C19H15NO4S2/c1-2-22-14-10-16-15(23-11-24-16)8-12(14)9-17-18(21)20(19(25)26-17)13-6-4-3-5-7-13/h3-10H,2,11H2,1H3/b17-9+. The highest BCUT2D eigenvalue weighted by atomic mass is 32.2. The number of benzene rings is 2. The lowest BCUT2D eigenvalue weighted by Crippen LogP contribution is -2.27. The number of rotatable bonds is 4. The summed E-state index contributed by atoms with van der Waals surface area (Å²) in [6, 6.07) is 13.0. The van der Waals surface area contributed by atoms with Gasteiger partial charge in [-0.15, -0.1) is 0 Å². The van der Waals surface area contributed by atoms with Gasteiger partial charge in [-0.3, -0.25) is 9.69 Å². The Morgan fingerprint density at radius 3 is 2.69 bits per heavy atom. The number of hydrogen-bond donors (Lipinski definition) is 0. The minimum absolute atomic E-state index is 0.147. The van der Waals surface area contributed by atoms with Gasteiger partial charge in [0.1, 0.15) is 5.75 Å². The fraction of sp³-hybridized carbons (Fsp3) is 0.158. The summed E-state index contributed by atoms with van der Waals surface area (Å²) in [6.07, 6.45) is 1.79. The molecule has 0 unspecified atom stereocenters. The largest absolute Gasteiger partial charge is 0.493 e. The summed E-state index contributed by atoms with van der Waals surface area (Å²) in [7, 11) is 0. The molecule has 0 N–H and O–H groups in total. The van der Waals surface area contributed by atoms with Gasteiger partial charge in [0, 0.05) is 11.6 Å². The van der Waals surface area contributed by atoms with E-state index in [0.717, 1.165) is 11.3 Å². The van der Waals surface area contributed by atoms with Crippen molar-refractivity contribution in [3.8, 4) is 17.2 Å². The van der Waals surface area contributed by atoms with Crippen molar-refractivity contribution in [3.05, 3.63) is 52.9 Å². The first-order valence-corrected chi connectivity index (χ1v) is 9.29. The Labute approximate surface area is 160 Å². The van der Waals surface area contributed by atoms with Crippen LogP contribution in [0, 0.1) is 0 Å². The Morgan fingerprint density at radius 2 is 1.96 bits per heavy atom. The van der Waals surface area contributed by atoms with Gasteiger partial charge in [0.25, 0.3) is 5.91 Å². The molecule has 2 heterocycles. The molecule has 132 valence electrons. The van der Waals surface area contributed by atoms with Crippen molar-refractivity contribution in [1.29, 1.82) is 0 Å². The average Bonchev–Trinajstić information content (AvgIpc) is 3.20. The Hall–Kier alpha value is -2.51. The Bertz CT molecular complexity index is 911. The first kappa shape index (κ1) is 16.9. The van der Waals surface area contributed by atoms with Crippen molar-refractivity contribution < 1.29 is 19.0 Å². The van der Waals surface area contributed by atoms with Crippen LogP contribution < -0.4 is 19.1 Å². The van der Waals surface area contributed by atoms with Crippen LogP contribution in [0.1, 0.15) is 12.5 Å². The van der Waals surface area contributed by atoms with Gasteiger partial charge in [-0.2, -0.15) is 0 Å². The molecule has 0 aliphatic carbocycles. The molecule has 0 aromatic heterocycles. The molecular weight excluding hydrogens is 370 g/mol. The maximum absolute atomic E-state index is 12.9. The van der Waals surface area contributed by atoms with Gasteiger partial charge >= 0.3 is 0 Å². The molecule has 2 aromatic carbocycles. The second-order valence-electron chi connectivity index (χ2n) is 5.53. The lowest BCUT2D eigenvalue weighted by Gasteiger charge is -2.14. The zero-order chi connectivity index (χ0) is 18.1. The molecule has 0 radical (unpaired) electrons. The molecule has 0 spiro atoms. The van der Waals surface area contributed by atoms with E-state index in [4.69, 9.17) is 26.4 Å². The predicted octanol–water partition coefficient (Wildman–Crippen LogP) is 4.22. The first-order chi connectivity index (χ1) is 12.7. The molecule has 4 rings (SSSR count). The quantitative estimate of drug-likeness (QED) is 0.580. The molecule has 1 saturated heterocycles. The molecule has 1 amide bonds. The summed E-state index contributed by atoms with van der Waals surface area (Å²) in [5, 5.41) is 0. The maximum Gasteiger partial charge on any atom is 0.270 e. The van der Waals surface area contributed by atoms with E-state index >= 15 is 0 Å². The Morgan fingerprint density at radius 1 is 1.23 bits per heavy atom. The third kappa shape index (κ3) is 3.04. The molecule has 2 aliphatic rings. The van der Waals surface area contributed by atoms with Gasteiger partial charge < -0.3 is 14.2 Å². The number of ether oxygens (including phenoxy) is 3. The van der Waals surface area contributed by atoms with Crippen LogP contribution in [-0.4, -0.2) is 23.6 Å². The number of hydrogen-bond acceptors (Lipinski definition) is 6. The topological polar surface area (TPSA) is 48.0 Å². The smallest absolute Gasteiger partial charge is 0.270 e. The maximum atomic E-state index is 12.9. The van der Waals surface area contributed by atoms with Gasteiger partial charge in [-0.05, 0) is 31.2 Å². The van der Waals surface area contributed by atoms with Gasteiger partial charge in [0.05, 0.1) is 17.2 Å². The van der Waals surface area contributed by atoms with E-state index in [2.05, 4.69) is 0 Å². The highest BCUT2D eigenvalue weighted by Crippen LogP contribution is 2.41. The number of thioether (sulfide) groups is 1. The van der Waals surface area contributed by atoms with Crippen LogP contribution in [0.2, 0.25) is 0 Å². The van der Waals surface area contributed by atoms with Gasteiger partial charge in [0.2, 0.25) is 6.79 Å². The molecule has 26 heavy (non-hydrogen) atoms. The molecule has 2 aliphatic heterocycles. The highest BCUT2D eigenvalue weighted by Gasteiger charge is 2.33. The number of nitrogens with zero attached hydrogens (tertiary/aromatic N) is 1. The second kappa shape index (κ2) is 7.01. The van der Waals surface area contributed by atoms with Crippen LogP contribution in [0.25, 0.3) is 6.08 Å². The number of amides is 1. The normalized spacial score (nSPS) is 17.3. The van der Waals surface area contributed by atoms with E-state index < -0.39 is 0 Å². The molecule has 0 atom stereocenters. The summed E-state index contributed by atoms with van der Waals surface area (Å²) in [5.74, 6) is 1.77. The third-order valence-electron chi connectivity index (χ3n) is 3.90. The third-order valence-corrected chi connectivity index (χ3v) is 5.20. The summed E-state index contributed by atoms with van der Waals surface area (Å²) in [4.78, 5) is 15.0. The van der Waals surface area contributed by atoms with Crippen molar-refractivity contribution in [2.75, 3.05) is 18.3 Å². The van der Waals surface area contributed by atoms with Crippen molar-refractivity contribution in [1.82, 2.24) is 0 Å². The predicted molar refractivity (Wildman–Crippen MR) is 106 cm³/mol. The minimum Gasteiger partial charge on any atom is -0.493 e. The monoisotopic (exact) mass is 385 g/mol. The van der Waals surface area contributed by atoms with Gasteiger partial charge in [0.15, 0.2) is 15.8 Å². The van der Waals surface area contributed by atoms with E-state index in [1.807, 2.05) is 43.3 Å². The van der Waals surface area contributed by atoms with E-state index in [-0.39, 0.29) is 12.7 Å². The Balaban J connectivity index is 1.71. The average molecular weight is 385 g/mol. The van der Waals surface area contributed by atoms with Crippen LogP contribution >= 0.6 is 24.0 Å². The SMILES string of the molecule is CCOc1cc2c(cc1/C=C1/SC(=S)N(c3ccccc3)C1=O)OCO2. The summed E-state index contributed by atoms with van der Waals surface area (Å²) in [6.45, 7) is 2.59. The number of anilines is 1. The van der Waals surface area contributed by atoms with Crippen LogP contribution in [0.4, 0.5) is 5.69 Å². The van der Waals surface area contributed by atoms with E-state index in [1.165, 1.54) is 11.8 Å². The van der Waals surface area contributed by atoms with Crippen molar-refractivity contribution in [2.24, 2.45) is 0 Å². The number of carbonyl (C=O) groups is 1.